The third kappa shape index (κ3) is 13.0. The summed E-state index contributed by atoms with van der Waals surface area (Å²) in [6.07, 6.45) is 13.9. The van der Waals surface area contributed by atoms with Crippen molar-refractivity contribution in [3.05, 3.63) is 0 Å². The van der Waals surface area contributed by atoms with Crippen LogP contribution < -0.4 is 0 Å². The van der Waals surface area contributed by atoms with Gasteiger partial charge in [0.1, 0.15) is 11.2 Å². The summed E-state index contributed by atoms with van der Waals surface area (Å²) in [7, 11) is 0. The van der Waals surface area contributed by atoms with Crippen LogP contribution in [0.2, 0.25) is 0 Å². The van der Waals surface area contributed by atoms with E-state index in [4.69, 9.17) is 9.47 Å². The maximum absolute atomic E-state index is 12.9. The maximum atomic E-state index is 12.9. The topological polar surface area (TPSA) is 52.6 Å². The fraction of sp³-hybridized carbons (Fsp3) is 0.946. The molecule has 0 aliphatic heterocycles. The first-order chi connectivity index (χ1) is 18.5. The maximum Gasteiger partial charge on any atom is 0.310 e. The summed E-state index contributed by atoms with van der Waals surface area (Å²) in [5.74, 6) is 0.00623. The summed E-state index contributed by atoms with van der Waals surface area (Å²) in [5, 5.41) is 0. The Morgan fingerprint density at radius 3 is 1.02 bits per heavy atom. The minimum Gasteiger partial charge on any atom is -0.459 e. The SMILES string of the molecule is CCC1(OC(=O)C(CC(C)(C)C)C(C)(C)C)CCCC1.CCC1(OC(=O)C(CC(C)(C)C)C(C)(C)C)CCCCC1. The number of carbonyl (C=O) groups is 2. The second kappa shape index (κ2) is 14.6. The van der Waals surface area contributed by atoms with Crippen molar-refractivity contribution in [3.8, 4) is 0 Å². The summed E-state index contributed by atoms with van der Waals surface area (Å²) in [5.41, 5.74) is -0.157. The molecule has 2 aliphatic carbocycles. The van der Waals surface area contributed by atoms with Gasteiger partial charge in [-0.25, -0.2) is 0 Å². The lowest BCUT2D eigenvalue weighted by Crippen LogP contribution is -2.42. The van der Waals surface area contributed by atoms with Crippen LogP contribution in [0, 0.1) is 33.5 Å². The molecule has 242 valence electrons. The van der Waals surface area contributed by atoms with Crippen LogP contribution in [0.3, 0.4) is 0 Å². The lowest BCUT2D eigenvalue weighted by Gasteiger charge is -2.40. The Balaban J connectivity index is 0.000000410. The van der Waals surface area contributed by atoms with Gasteiger partial charge in [-0.05, 0) is 98.7 Å². The molecule has 0 bridgehead atoms. The highest BCUT2D eigenvalue weighted by Crippen LogP contribution is 2.42. The number of hydrogen-bond donors (Lipinski definition) is 0. The Morgan fingerprint density at radius 1 is 0.537 bits per heavy atom. The van der Waals surface area contributed by atoms with E-state index in [2.05, 4.69) is 96.9 Å². The van der Waals surface area contributed by atoms with Crippen LogP contribution in [0.5, 0.6) is 0 Å². The molecular formula is C37H70O4. The predicted molar refractivity (Wildman–Crippen MR) is 174 cm³/mol. The molecule has 0 spiro atoms. The summed E-state index contributed by atoms with van der Waals surface area (Å²) in [4.78, 5) is 25.6. The largest absolute Gasteiger partial charge is 0.459 e. The van der Waals surface area contributed by atoms with Crippen molar-refractivity contribution in [3.63, 3.8) is 0 Å². The standard InChI is InChI=1S/C19H36O2.C18H34O2/c1-8-19(12-10-9-11-13-19)21-16(20)15(18(5,6)7)14-17(2,3)4;1-8-18(11-9-10-12-18)20-15(19)14(17(5,6)7)13-16(2,3)4/h15H,8-14H2,1-7H3;14H,8-13H2,1-7H3. The van der Waals surface area contributed by atoms with Gasteiger partial charge < -0.3 is 9.47 Å². The van der Waals surface area contributed by atoms with Gasteiger partial charge in [-0.2, -0.15) is 0 Å². The molecule has 0 radical (unpaired) electrons. The summed E-state index contributed by atoms with van der Waals surface area (Å²) < 4.78 is 12.2. The highest BCUT2D eigenvalue weighted by molar-refractivity contribution is 5.74. The molecule has 0 saturated heterocycles. The zero-order valence-electron chi connectivity index (χ0n) is 30.0. The average Bonchev–Trinajstić information content (AvgIpc) is 3.28. The van der Waals surface area contributed by atoms with Gasteiger partial charge in [0.05, 0.1) is 11.8 Å². The minimum atomic E-state index is -0.184. The number of hydrogen-bond acceptors (Lipinski definition) is 4. The van der Waals surface area contributed by atoms with E-state index in [-0.39, 0.29) is 56.6 Å². The Morgan fingerprint density at radius 2 is 0.805 bits per heavy atom. The molecule has 0 heterocycles. The molecule has 0 N–H and O–H groups in total. The smallest absolute Gasteiger partial charge is 0.310 e. The lowest BCUT2D eigenvalue weighted by molar-refractivity contribution is -0.174. The molecule has 0 aromatic heterocycles. The van der Waals surface area contributed by atoms with Gasteiger partial charge >= 0.3 is 11.9 Å². The Labute approximate surface area is 255 Å². The molecule has 0 aromatic rings. The third-order valence-electron chi connectivity index (χ3n) is 9.50. The summed E-state index contributed by atoms with van der Waals surface area (Å²) in [6.45, 7) is 30.4. The first-order valence-corrected chi connectivity index (χ1v) is 16.9. The zero-order chi connectivity index (χ0) is 31.9. The van der Waals surface area contributed by atoms with E-state index in [0.717, 1.165) is 51.4 Å². The van der Waals surface area contributed by atoms with Gasteiger partial charge in [0, 0.05) is 0 Å². The highest BCUT2D eigenvalue weighted by Gasteiger charge is 2.43. The molecule has 41 heavy (non-hydrogen) atoms. The molecule has 2 rings (SSSR count). The Hall–Kier alpha value is -1.06. The Bertz CT molecular complexity index is 800. The van der Waals surface area contributed by atoms with Crippen LogP contribution in [-0.2, 0) is 19.1 Å². The van der Waals surface area contributed by atoms with Crippen molar-refractivity contribution in [1.82, 2.24) is 0 Å². The monoisotopic (exact) mass is 579 g/mol. The van der Waals surface area contributed by atoms with Crippen molar-refractivity contribution in [1.29, 1.82) is 0 Å². The van der Waals surface area contributed by atoms with E-state index in [9.17, 15) is 9.59 Å². The number of rotatable bonds is 8. The molecule has 2 fully saturated rings. The van der Waals surface area contributed by atoms with E-state index in [1.807, 2.05) is 0 Å². The van der Waals surface area contributed by atoms with E-state index in [0.29, 0.717) is 0 Å². The van der Waals surface area contributed by atoms with Crippen LogP contribution in [0.25, 0.3) is 0 Å². The molecule has 2 aliphatic rings. The molecule has 0 amide bonds. The fourth-order valence-electron chi connectivity index (χ4n) is 6.55. The zero-order valence-corrected chi connectivity index (χ0v) is 30.0. The molecule has 2 saturated carbocycles. The van der Waals surface area contributed by atoms with Crippen LogP contribution >= 0.6 is 0 Å². The minimum absolute atomic E-state index is 0.0217. The van der Waals surface area contributed by atoms with E-state index in [1.54, 1.807) is 0 Å². The molecular weight excluding hydrogens is 508 g/mol. The van der Waals surface area contributed by atoms with E-state index < -0.39 is 0 Å². The van der Waals surface area contributed by atoms with Gasteiger partial charge in [-0.3, -0.25) is 9.59 Å². The first kappa shape index (κ1) is 38.0. The van der Waals surface area contributed by atoms with E-state index in [1.165, 1.54) is 32.1 Å². The molecule has 0 aromatic carbocycles. The lowest BCUT2D eigenvalue weighted by atomic mass is 9.72. The highest BCUT2D eigenvalue weighted by atomic mass is 16.6. The first-order valence-electron chi connectivity index (χ1n) is 16.9. The second-order valence-corrected chi connectivity index (χ2v) is 18.0. The fourth-order valence-corrected chi connectivity index (χ4v) is 6.55. The summed E-state index contributed by atoms with van der Waals surface area (Å²) >= 11 is 0. The van der Waals surface area contributed by atoms with Crippen molar-refractivity contribution in [2.45, 2.75) is 192 Å². The van der Waals surface area contributed by atoms with Crippen LogP contribution in [-0.4, -0.2) is 23.1 Å². The van der Waals surface area contributed by atoms with Crippen molar-refractivity contribution in [2.75, 3.05) is 0 Å². The molecule has 4 heteroatoms. The quantitative estimate of drug-likeness (QED) is 0.269. The van der Waals surface area contributed by atoms with Crippen molar-refractivity contribution in [2.24, 2.45) is 33.5 Å². The van der Waals surface area contributed by atoms with Gasteiger partial charge in [0.15, 0.2) is 0 Å². The number of esters is 2. The molecule has 4 nitrogen and oxygen atoms in total. The second-order valence-electron chi connectivity index (χ2n) is 18.0. The molecule has 2 atom stereocenters. The van der Waals surface area contributed by atoms with Gasteiger partial charge in [0.25, 0.3) is 0 Å². The number of ether oxygens (including phenoxy) is 2. The average molecular weight is 579 g/mol. The van der Waals surface area contributed by atoms with Gasteiger partial charge in [0.2, 0.25) is 0 Å². The van der Waals surface area contributed by atoms with E-state index >= 15 is 0 Å². The van der Waals surface area contributed by atoms with Crippen molar-refractivity contribution >= 4 is 11.9 Å². The third-order valence-corrected chi connectivity index (χ3v) is 9.50. The molecule has 2 unspecified atom stereocenters. The van der Waals surface area contributed by atoms with Crippen LogP contribution in [0.1, 0.15) is 180 Å². The van der Waals surface area contributed by atoms with Gasteiger partial charge in [-0.1, -0.05) is 103 Å². The predicted octanol–water partition coefficient (Wildman–Crippen LogP) is 11.1. The van der Waals surface area contributed by atoms with Crippen LogP contribution in [0.15, 0.2) is 0 Å². The van der Waals surface area contributed by atoms with Gasteiger partial charge in [-0.15, -0.1) is 0 Å². The normalized spacial score (nSPS) is 20.8. The summed E-state index contributed by atoms with van der Waals surface area (Å²) in [6, 6.07) is 0. The number of carbonyl (C=O) groups excluding carboxylic acids is 2. The van der Waals surface area contributed by atoms with Crippen LogP contribution in [0.4, 0.5) is 0 Å². The Kier molecular flexibility index (Phi) is 13.5. The van der Waals surface area contributed by atoms with Crippen molar-refractivity contribution < 1.29 is 19.1 Å².